The second-order valence-corrected chi connectivity index (χ2v) is 5.29. The van der Waals surface area contributed by atoms with Gasteiger partial charge in [0.1, 0.15) is 0 Å². The number of nitrogens with one attached hydrogen (secondary N) is 1. The average Bonchev–Trinajstić information content (AvgIpc) is 2.59. The first-order valence-electron chi connectivity index (χ1n) is 7.18. The fourth-order valence-electron chi connectivity index (χ4n) is 2.54. The highest BCUT2D eigenvalue weighted by Gasteiger charge is 2.15. The molecule has 0 amide bonds. The normalized spacial score (nSPS) is 25.6. The van der Waals surface area contributed by atoms with Crippen molar-refractivity contribution in [1.82, 2.24) is 5.32 Å². The predicted molar refractivity (Wildman–Crippen MR) is 74.4 cm³/mol. The molecule has 1 saturated carbocycles. The lowest BCUT2D eigenvalue weighted by molar-refractivity contribution is -0.136. The summed E-state index contributed by atoms with van der Waals surface area (Å²) in [7, 11) is 1.44. The highest BCUT2D eigenvalue weighted by molar-refractivity contribution is 5.88. The third kappa shape index (κ3) is 5.21. The van der Waals surface area contributed by atoms with Crippen molar-refractivity contribution < 1.29 is 9.53 Å². The zero-order chi connectivity index (χ0) is 13.4. The van der Waals surface area contributed by atoms with E-state index in [0.29, 0.717) is 6.04 Å². The summed E-state index contributed by atoms with van der Waals surface area (Å²) in [6.45, 7) is 5.10. The van der Waals surface area contributed by atoms with Crippen molar-refractivity contribution in [2.45, 2.75) is 58.4 Å². The summed E-state index contributed by atoms with van der Waals surface area (Å²) in [6, 6.07) is 0.613. The van der Waals surface area contributed by atoms with Gasteiger partial charge in [0.2, 0.25) is 0 Å². The molecule has 3 nitrogen and oxygen atoms in total. The molecule has 0 aliphatic heterocycles. The van der Waals surface area contributed by atoms with Crippen LogP contribution < -0.4 is 5.32 Å². The summed E-state index contributed by atoms with van der Waals surface area (Å²) in [5.74, 6) is 0.669. The van der Waals surface area contributed by atoms with Gasteiger partial charge < -0.3 is 10.1 Å². The van der Waals surface area contributed by atoms with Gasteiger partial charge in [-0.2, -0.15) is 0 Å². The zero-order valence-electron chi connectivity index (χ0n) is 12.0. The van der Waals surface area contributed by atoms with Crippen molar-refractivity contribution in [2.24, 2.45) is 5.92 Å². The maximum Gasteiger partial charge on any atom is 0.333 e. The van der Waals surface area contributed by atoms with E-state index >= 15 is 0 Å². The van der Waals surface area contributed by atoms with Crippen LogP contribution in [0.2, 0.25) is 0 Å². The molecule has 3 heteroatoms. The van der Waals surface area contributed by atoms with Crippen LogP contribution in [0.25, 0.3) is 0 Å². The Bertz CT molecular complexity index is 286. The summed E-state index contributed by atoms with van der Waals surface area (Å²) in [5.41, 5.74) is 0.770. The van der Waals surface area contributed by atoms with Crippen molar-refractivity contribution in [3.05, 3.63) is 11.6 Å². The van der Waals surface area contributed by atoms with Crippen LogP contribution in [0.4, 0.5) is 0 Å². The minimum atomic E-state index is -0.200. The van der Waals surface area contributed by atoms with Crippen LogP contribution >= 0.6 is 0 Å². The summed E-state index contributed by atoms with van der Waals surface area (Å²) in [4.78, 5) is 11.4. The van der Waals surface area contributed by atoms with E-state index < -0.39 is 0 Å². The fraction of sp³-hybridized carbons (Fsp3) is 0.800. The third-order valence-electron chi connectivity index (χ3n) is 3.84. The number of hydrogen-bond donors (Lipinski definition) is 1. The number of methoxy groups -OCH3 is 1. The van der Waals surface area contributed by atoms with E-state index in [1.807, 2.05) is 13.0 Å². The first-order chi connectivity index (χ1) is 8.67. The number of esters is 1. The Balaban J connectivity index is 2.35. The van der Waals surface area contributed by atoms with Gasteiger partial charge in [-0.25, -0.2) is 4.79 Å². The summed E-state index contributed by atoms with van der Waals surface area (Å²) < 4.78 is 4.74. The molecule has 2 unspecified atom stereocenters. The molecule has 0 radical (unpaired) electrons. The van der Waals surface area contributed by atoms with Crippen molar-refractivity contribution in [1.29, 1.82) is 0 Å². The Morgan fingerprint density at radius 1 is 1.33 bits per heavy atom. The number of ether oxygens (including phenoxy) is 1. The lowest BCUT2D eigenvalue weighted by Gasteiger charge is -2.15. The van der Waals surface area contributed by atoms with Gasteiger partial charge in [-0.15, -0.1) is 0 Å². The van der Waals surface area contributed by atoms with Crippen molar-refractivity contribution in [2.75, 3.05) is 13.7 Å². The smallest absolute Gasteiger partial charge is 0.333 e. The monoisotopic (exact) mass is 253 g/mol. The predicted octanol–water partition coefficient (Wildman–Crippen LogP) is 3.05. The van der Waals surface area contributed by atoms with Crippen LogP contribution in [-0.2, 0) is 9.53 Å². The molecule has 1 aliphatic rings. The van der Waals surface area contributed by atoms with Gasteiger partial charge in [-0.3, -0.25) is 0 Å². The zero-order valence-corrected chi connectivity index (χ0v) is 12.0. The second kappa shape index (κ2) is 8.30. The molecule has 1 fully saturated rings. The Morgan fingerprint density at radius 2 is 2.11 bits per heavy atom. The van der Waals surface area contributed by atoms with E-state index in [0.717, 1.165) is 24.5 Å². The minimum absolute atomic E-state index is 0.200. The van der Waals surface area contributed by atoms with Crippen molar-refractivity contribution >= 4 is 5.97 Å². The lowest BCUT2D eigenvalue weighted by Crippen LogP contribution is -2.29. The first-order valence-corrected chi connectivity index (χ1v) is 7.18. The van der Waals surface area contributed by atoms with E-state index in [9.17, 15) is 4.79 Å². The highest BCUT2D eigenvalue weighted by atomic mass is 16.5. The molecule has 0 aromatic carbocycles. The Morgan fingerprint density at radius 3 is 2.78 bits per heavy atom. The third-order valence-corrected chi connectivity index (χ3v) is 3.84. The molecule has 0 bridgehead atoms. The van der Waals surface area contributed by atoms with Crippen LogP contribution in [0, 0.1) is 5.92 Å². The first kappa shape index (κ1) is 15.2. The summed E-state index contributed by atoms with van der Waals surface area (Å²) >= 11 is 0. The molecule has 2 atom stereocenters. The summed E-state index contributed by atoms with van der Waals surface area (Å²) in [5, 5.41) is 3.54. The van der Waals surface area contributed by atoms with Gasteiger partial charge in [0.15, 0.2) is 0 Å². The van der Waals surface area contributed by atoms with Crippen LogP contribution in [-0.4, -0.2) is 25.7 Å². The van der Waals surface area contributed by atoms with E-state index in [1.54, 1.807) is 0 Å². The standard InChI is InChI=1S/C15H27NO2/c1-4-13(15(17)18-3)10-11-16-14-7-5-6-12(2)8-9-14/h10,12,14,16H,4-9,11H2,1-3H3. The number of carbonyl (C=O) groups excluding carboxylic acids is 1. The lowest BCUT2D eigenvalue weighted by atomic mass is 10.0. The molecule has 0 heterocycles. The molecule has 1 N–H and O–H groups in total. The van der Waals surface area contributed by atoms with Crippen LogP contribution in [0.15, 0.2) is 11.6 Å². The van der Waals surface area contributed by atoms with Gasteiger partial charge in [-0.1, -0.05) is 32.8 Å². The van der Waals surface area contributed by atoms with Gasteiger partial charge in [0, 0.05) is 18.2 Å². The average molecular weight is 253 g/mol. The van der Waals surface area contributed by atoms with Crippen LogP contribution in [0.3, 0.4) is 0 Å². The molecule has 104 valence electrons. The molecule has 1 rings (SSSR count). The van der Waals surface area contributed by atoms with Gasteiger partial charge >= 0.3 is 5.97 Å². The van der Waals surface area contributed by atoms with E-state index in [2.05, 4.69) is 12.2 Å². The SMILES string of the molecule is CCC(=CCNC1CCCC(C)CC1)C(=O)OC. The van der Waals surface area contributed by atoms with Crippen LogP contribution in [0.5, 0.6) is 0 Å². The van der Waals surface area contributed by atoms with E-state index in [1.165, 1.54) is 39.2 Å². The van der Waals surface area contributed by atoms with Crippen molar-refractivity contribution in [3.8, 4) is 0 Å². The second-order valence-electron chi connectivity index (χ2n) is 5.29. The molecule has 18 heavy (non-hydrogen) atoms. The number of rotatable bonds is 5. The van der Waals surface area contributed by atoms with Gasteiger partial charge in [0.25, 0.3) is 0 Å². The molecule has 1 aliphatic carbocycles. The minimum Gasteiger partial charge on any atom is -0.466 e. The van der Waals surface area contributed by atoms with Crippen molar-refractivity contribution in [3.63, 3.8) is 0 Å². The molecule has 0 aromatic rings. The molecule has 0 spiro atoms. The number of hydrogen-bond acceptors (Lipinski definition) is 3. The van der Waals surface area contributed by atoms with Gasteiger partial charge in [-0.05, 0) is 31.6 Å². The molecular formula is C15H27NO2. The Hall–Kier alpha value is -0.830. The van der Waals surface area contributed by atoms with Crippen LogP contribution in [0.1, 0.15) is 52.4 Å². The molecule has 0 saturated heterocycles. The molecular weight excluding hydrogens is 226 g/mol. The quantitative estimate of drug-likeness (QED) is 0.465. The number of carbonyl (C=O) groups is 1. The topological polar surface area (TPSA) is 38.3 Å². The van der Waals surface area contributed by atoms with Gasteiger partial charge in [0.05, 0.1) is 7.11 Å². The maximum absolute atomic E-state index is 11.4. The fourth-order valence-corrected chi connectivity index (χ4v) is 2.54. The maximum atomic E-state index is 11.4. The Kier molecular flexibility index (Phi) is 7.02. The Labute approximate surface area is 111 Å². The summed E-state index contributed by atoms with van der Waals surface area (Å²) in [6.07, 6.45) is 9.22. The highest BCUT2D eigenvalue weighted by Crippen LogP contribution is 2.22. The van der Waals surface area contributed by atoms with E-state index in [4.69, 9.17) is 4.74 Å². The van der Waals surface area contributed by atoms with E-state index in [-0.39, 0.29) is 5.97 Å². The molecule has 0 aromatic heterocycles. The largest absolute Gasteiger partial charge is 0.466 e.